The van der Waals surface area contributed by atoms with Gasteiger partial charge in [0.1, 0.15) is 11.3 Å². The summed E-state index contributed by atoms with van der Waals surface area (Å²) in [6, 6.07) is 9.14. The van der Waals surface area contributed by atoms with Gasteiger partial charge in [0.15, 0.2) is 11.4 Å². The highest BCUT2D eigenvalue weighted by Gasteiger charge is 2.19. The normalized spacial score (nSPS) is 12.5. The lowest BCUT2D eigenvalue weighted by molar-refractivity contribution is -0.115. The summed E-state index contributed by atoms with van der Waals surface area (Å²) in [6.07, 6.45) is 0. The standard InChI is InChI=1S/C14H13N3O3S/c1-8-7-12(17-20-8)16-13(18)9(2)21-14-15-10-5-3-4-6-11(10)19-14/h3-7,9H,1-2H3,(H,16,17,18)/t9-/m0/s1. The Bertz CT molecular complexity index is 747. The number of thioether (sulfide) groups is 1. The van der Waals surface area contributed by atoms with E-state index in [4.69, 9.17) is 8.94 Å². The van der Waals surface area contributed by atoms with Crippen LogP contribution in [-0.4, -0.2) is 21.3 Å². The third kappa shape index (κ3) is 3.08. The van der Waals surface area contributed by atoms with Crippen LogP contribution in [0.3, 0.4) is 0 Å². The summed E-state index contributed by atoms with van der Waals surface area (Å²) in [5.74, 6) is 0.864. The minimum absolute atomic E-state index is 0.185. The fraction of sp³-hybridized carbons (Fsp3) is 0.214. The Labute approximate surface area is 124 Å². The fourth-order valence-electron chi connectivity index (χ4n) is 1.76. The number of para-hydroxylation sites is 2. The lowest BCUT2D eigenvalue weighted by Gasteiger charge is -2.07. The van der Waals surface area contributed by atoms with Crippen molar-refractivity contribution in [2.45, 2.75) is 24.3 Å². The number of carbonyl (C=O) groups excluding carboxylic acids is 1. The van der Waals surface area contributed by atoms with Crippen LogP contribution in [0.4, 0.5) is 5.82 Å². The first-order valence-electron chi connectivity index (χ1n) is 6.38. The molecule has 0 radical (unpaired) electrons. The van der Waals surface area contributed by atoms with Gasteiger partial charge in [-0.2, -0.15) is 0 Å². The van der Waals surface area contributed by atoms with Crippen molar-refractivity contribution in [3.63, 3.8) is 0 Å². The molecule has 0 saturated heterocycles. The van der Waals surface area contributed by atoms with E-state index in [2.05, 4.69) is 15.5 Å². The predicted octanol–water partition coefficient (Wildman–Crippen LogP) is 3.24. The van der Waals surface area contributed by atoms with Gasteiger partial charge in [0.05, 0.1) is 5.25 Å². The highest BCUT2D eigenvalue weighted by atomic mass is 32.2. The molecule has 1 N–H and O–H groups in total. The van der Waals surface area contributed by atoms with Crippen molar-refractivity contribution in [1.29, 1.82) is 0 Å². The molecule has 3 aromatic rings. The largest absolute Gasteiger partial charge is 0.431 e. The Hall–Kier alpha value is -2.28. The molecule has 1 aromatic carbocycles. The minimum Gasteiger partial charge on any atom is -0.431 e. The number of nitrogens with zero attached hydrogens (tertiary/aromatic N) is 2. The molecule has 2 heterocycles. The smallest absolute Gasteiger partial charge is 0.257 e. The quantitative estimate of drug-likeness (QED) is 0.745. The molecule has 0 bridgehead atoms. The maximum absolute atomic E-state index is 12.1. The van der Waals surface area contributed by atoms with Crippen LogP contribution < -0.4 is 5.32 Å². The van der Waals surface area contributed by atoms with Crippen molar-refractivity contribution < 1.29 is 13.7 Å². The second-order valence-electron chi connectivity index (χ2n) is 4.52. The number of carbonyl (C=O) groups is 1. The molecular weight excluding hydrogens is 290 g/mol. The Morgan fingerprint density at radius 3 is 2.90 bits per heavy atom. The number of rotatable bonds is 4. The number of fused-ring (bicyclic) bond motifs is 1. The molecule has 0 aliphatic heterocycles. The lowest BCUT2D eigenvalue weighted by Crippen LogP contribution is -2.22. The summed E-state index contributed by atoms with van der Waals surface area (Å²) >= 11 is 1.26. The van der Waals surface area contributed by atoms with Crippen LogP contribution in [0.5, 0.6) is 0 Å². The molecule has 7 heteroatoms. The Kier molecular flexibility index (Phi) is 3.66. The Morgan fingerprint density at radius 2 is 2.19 bits per heavy atom. The van der Waals surface area contributed by atoms with E-state index in [0.29, 0.717) is 22.4 Å². The van der Waals surface area contributed by atoms with Crippen LogP contribution in [-0.2, 0) is 4.79 Å². The van der Waals surface area contributed by atoms with Gasteiger partial charge >= 0.3 is 0 Å². The van der Waals surface area contributed by atoms with Gasteiger partial charge < -0.3 is 14.3 Å². The van der Waals surface area contributed by atoms with Gasteiger partial charge in [0.25, 0.3) is 5.22 Å². The molecular formula is C14H13N3O3S. The highest BCUT2D eigenvalue weighted by Crippen LogP contribution is 2.27. The zero-order valence-corrected chi connectivity index (χ0v) is 12.3. The second kappa shape index (κ2) is 5.61. The summed E-state index contributed by atoms with van der Waals surface area (Å²) in [5, 5.41) is 6.51. The average Bonchev–Trinajstić information content (AvgIpc) is 3.04. The van der Waals surface area contributed by atoms with E-state index in [-0.39, 0.29) is 11.2 Å². The third-order valence-electron chi connectivity index (χ3n) is 2.80. The topological polar surface area (TPSA) is 81.2 Å². The summed E-state index contributed by atoms with van der Waals surface area (Å²) in [4.78, 5) is 16.4. The van der Waals surface area contributed by atoms with E-state index in [9.17, 15) is 4.79 Å². The molecule has 2 aromatic heterocycles. The second-order valence-corrected chi connectivity index (χ2v) is 5.81. The van der Waals surface area contributed by atoms with E-state index in [1.54, 1.807) is 19.9 Å². The van der Waals surface area contributed by atoms with Gasteiger partial charge in [-0.15, -0.1) is 0 Å². The maximum atomic E-state index is 12.1. The highest BCUT2D eigenvalue weighted by molar-refractivity contribution is 8.00. The van der Waals surface area contributed by atoms with Crippen molar-refractivity contribution in [2.75, 3.05) is 5.32 Å². The zero-order chi connectivity index (χ0) is 14.8. The molecule has 1 atom stereocenters. The molecule has 21 heavy (non-hydrogen) atoms. The maximum Gasteiger partial charge on any atom is 0.257 e. The van der Waals surface area contributed by atoms with Gasteiger partial charge in [0, 0.05) is 6.07 Å². The molecule has 0 unspecified atom stereocenters. The average molecular weight is 303 g/mol. The van der Waals surface area contributed by atoms with Gasteiger partial charge in [-0.1, -0.05) is 29.1 Å². The van der Waals surface area contributed by atoms with Crippen LogP contribution in [0.2, 0.25) is 0 Å². The van der Waals surface area contributed by atoms with Gasteiger partial charge in [-0.3, -0.25) is 4.79 Å². The number of aryl methyl sites for hydroxylation is 1. The van der Waals surface area contributed by atoms with E-state index in [0.717, 1.165) is 5.52 Å². The molecule has 3 rings (SSSR count). The van der Waals surface area contributed by atoms with Crippen LogP contribution in [0.25, 0.3) is 11.1 Å². The molecule has 0 aliphatic rings. The van der Waals surface area contributed by atoms with E-state index in [1.807, 2.05) is 24.3 Å². The van der Waals surface area contributed by atoms with Crippen molar-refractivity contribution in [2.24, 2.45) is 0 Å². The van der Waals surface area contributed by atoms with E-state index < -0.39 is 0 Å². The molecule has 0 saturated carbocycles. The summed E-state index contributed by atoms with van der Waals surface area (Å²) in [5.41, 5.74) is 1.49. The predicted molar refractivity (Wildman–Crippen MR) is 79.2 cm³/mol. The number of hydrogen-bond acceptors (Lipinski definition) is 6. The molecule has 0 aliphatic carbocycles. The number of aromatic nitrogens is 2. The zero-order valence-electron chi connectivity index (χ0n) is 11.5. The van der Waals surface area contributed by atoms with Crippen LogP contribution in [0.1, 0.15) is 12.7 Å². The number of benzene rings is 1. The number of oxazole rings is 1. The van der Waals surface area contributed by atoms with Gasteiger partial charge in [-0.05, 0) is 26.0 Å². The van der Waals surface area contributed by atoms with Crippen molar-refractivity contribution >= 4 is 34.6 Å². The molecule has 1 amide bonds. The first-order valence-corrected chi connectivity index (χ1v) is 7.26. The van der Waals surface area contributed by atoms with E-state index in [1.165, 1.54) is 11.8 Å². The van der Waals surface area contributed by atoms with Crippen molar-refractivity contribution in [3.05, 3.63) is 36.1 Å². The monoisotopic (exact) mass is 303 g/mol. The summed E-state index contributed by atoms with van der Waals surface area (Å²) in [7, 11) is 0. The fourth-order valence-corrected chi connectivity index (χ4v) is 2.52. The SMILES string of the molecule is Cc1cc(NC(=O)[C@H](C)Sc2nc3ccccc3o2)no1. The molecule has 0 spiro atoms. The van der Waals surface area contributed by atoms with Gasteiger partial charge in [0.2, 0.25) is 5.91 Å². The number of nitrogens with one attached hydrogen (secondary N) is 1. The van der Waals surface area contributed by atoms with Crippen LogP contribution in [0, 0.1) is 6.92 Å². The van der Waals surface area contributed by atoms with Crippen LogP contribution >= 0.6 is 11.8 Å². The number of anilines is 1. The Balaban J connectivity index is 1.67. The van der Waals surface area contributed by atoms with Crippen molar-refractivity contribution in [1.82, 2.24) is 10.1 Å². The number of hydrogen-bond donors (Lipinski definition) is 1. The Morgan fingerprint density at radius 1 is 1.38 bits per heavy atom. The summed E-state index contributed by atoms with van der Waals surface area (Å²) in [6.45, 7) is 3.54. The van der Waals surface area contributed by atoms with Crippen LogP contribution in [0.15, 0.2) is 44.5 Å². The third-order valence-corrected chi connectivity index (χ3v) is 3.74. The summed E-state index contributed by atoms with van der Waals surface area (Å²) < 4.78 is 10.5. The van der Waals surface area contributed by atoms with Gasteiger partial charge in [-0.25, -0.2) is 4.98 Å². The first-order chi connectivity index (χ1) is 10.1. The molecule has 108 valence electrons. The van der Waals surface area contributed by atoms with E-state index >= 15 is 0 Å². The minimum atomic E-state index is -0.366. The molecule has 6 nitrogen and oxygen atoms in total. The van der Waals surface area contributed by atoms with Crippen molar-refractivity contribution in [3.8, 4) is 0 Å². The first kappa shape index (κ1) is 13.7. The number of amides is 1. The molecule has 0 fully saturated rings. The lowest BCUT2D eigenvalue weighted by atomic mass is 10.3.